The molecule has 0 unspecified atom stereocenters. The lowest BCUT2D eigenvalue weighted by molar-refractivity contribution is -0.113. The maximum Gasteiger partial charge on any atom is 0.234 e. The Morgan fingerprint density at radius 3 is 2.67 bits per heavy atom. The van der Waals surface area contributed by atoms with E-state index in [4.69, 9.17) is 21.1 Å². The van der Waals surface area contributed by atoms with Crippen molar-refractivity contribution in [1.29, 1.82) is 0 Å². The minimum absolute atomic E-state index is 0.136. The minimum Gasteiger partial charge on any atom is -0.493 e. The van der Waals surface area contributed by atoms with Crippen LogP contribution in [0.5, 0.6) is 11.5 Å². The summed E-state index contributed by atoms with van der Waals surface area (Å²) in [6.07, 6.45) is 0. The van der Waals surface area contributed by atoms with Crippen LogP contribution in [-0.2, 0) is 17.9 Å². The highest BCUT2D eigenvalue weighted by Gasteiger charge is 2.15. The second-order valence-corrected chi connectivity index (χ2v) is 7.68. The van der Waals surface area contributed by atoms with Crippen LogP contribution in [0.3, 0.4) is 0 Å². The van der Waals surface area contributed by atoms with Gasteiger partial charge in [0.05, 0.1) is 12.9 Å². The van der Waals surface area contributed by atoms with Gasteiger partial charge in [-0.1, -0.05) is 41.6 Å². The van der Waals surface area contributed by atoms with E-state index < -0.39 is 0 Å². The molecule has 0 saturated carbocycles. The highest BCUT2D eigenvalue weighted by Crippen LogP contribution is 2.27. The molecule has 0 bridgehead atoms. The molecule has 1 N–H and O–H groups in total. The number of nitrogens with zero attached hydrogens (tertiary/aromatic N) is 3. The molecule has 3 aromatic rings. The molecule has 0 radical (unpaired) electrons. The molecule has 1 amide bonds. The number of carbonyl (C=O) groups is 1. The first-order chi connectivity index (χ1) is 14.5. The Bertz CT molecular complexity index is 1030. The molecule has 30 heavy (non-hydrogen) atoms. The molecule has 0 atom stereocenters. The van der Waals surface area contributed by atoms with E-state index in [1.807, 2.05) is 48.7 Å². The number of anilines is 1. The zero-order chi connectivity index (χ0) is 21.5. The van der Waals surface area contributed by atoms with E-state index in [0.717, 1.165) is 5.56 Å². The Hall–Kier alpha value is -2.71. The molecule has 0 aliphatic rings. The first kappa shape index (κ1) is 22.0. The molecule has 0 aliphatic carbocycles. The van der Waals surface area contributed by atoms with E-state index in [2.05, 4.69) is 15.5 Å². The standard InChI is InChI=1S/C21H23ClN4O3S/c1-4-26-19(12-29-18-11-6-5-10-17(18)28-3)24-25-21(26)30-13-20(27)23-16-9-7-8-15(22)14(16)2/h5-11H,4,12-13H2,1-3H3,(H,23,27). The molecule has 0 aliphatic heterocycles. The number of benzene rings is 2. The van der Waals surface area contributed by atoms with Crippen molar-refractivity contribution in [1.82, 2.24) is 14.8 Å². The molecule has 3 rings (SSSR count). The number of aromatic nitrogens is 3. The van der Waals surface area contributed by atoms with Crippen LogP contribution < -0.4 is 14.8 Å². The first-order valence-corrected chi connectivity index (χ1v) is 10.8. The molecule has 0 saturated heterocycles. The van der Waals surface area contributed by atoms with Crippen molar-refractivity contribution in [3.63, 3.8) is 0 Å². The fourth-order valence-corrected chi connectivity index (χ4v) is 3.79. The molecule has 7 nitrogen and oxygen atoms in total. The normalized spacial score (nSPS) is 10.7. The predicted molar refractivity (Wildman–Crippen MR) is 119 cm³/mol. The fourth-order valence-electron chi connectivity index (χ4n) is 2.79. The van der Waals surface area contributed by atoms with Crippen LogP contribution in [0, 0.1) is 6.92 Å². The number of thioether (sulfide) groups is 1. The van der Waals surface area contributed by atoms with E-state index in [0.29, 0.717) is 39.7 Å². The third-order valence-electron chi connectivity index (χ3n) is 4.41. The summed E-state index contributed by atoms with van der Waals surface area (Å²) >= 11 is 7.43. The number of ether oxygens (including phenoxy) is 2. The molecular weight excluding hydrogens is 424 g/mol. The number of halogens is 1. The Morgan fingerprint density at radius 2 is 1.93 bits per heavy atom. The van der Waals surface area contributed by atoms with Crippen LogP contribution in [-0.4, -0.2) is 33.5 Å². The zero-order valence-electron chi connectivity index (χ0n) is 17.0. The number of para-hydroxylation sites is 2. The van der Waals surface area contributed by atoms with Crippen LogP contribution in [0.15, 0.2) is 47.6 Å². The van der Waals surface area contributed by atoms with E-state index in [9.17, 15) is 4.79 Å². The molecular formula is C21H23ClN4O3S. The summed E-state index contributed by atoms with van der Waals surface area (Å²) in [6.45, 7) is 4.77. The molecule has 0 spiro atoms. The van der Waals surface area contributed by atoms with Gasteiger partial charge in [-0.3, -0.25) is 4.79 Å². The van der Waals surface area contributed by atoms with Crippen molar-refractivity contribution < 1.29 is 14.3 Å². The van der Waals surface area contributed by atoms with Crippen molar-refractivity contribution in [2.75, 3.05) is 18.2 Å². The van der Waals surface area contributed by atoms with Gasteiger partial charge in [-0.15, -0.1) is 10.2 Å². The lowest BCUT2D eigenvalue weighted by Gasteiger charge is -2.11. The maximum absolute atomic E-state index is 12.4. The second-order valence-electron chi connectivity index (χ2n) is 6.33. The number of nitrogens with one attached hydrogen (secondary N) is 1. The van der Waals surface area contributed by atoms with Gasteiger partial charge in [0.1, 0.15) is 6.61 Å². The number of rotatable bonds is 9. The Labute approximate surface area is 184 Å². The Morgan fingerprint density at radius 1 is 1.17 bits per heavy atom. The van der Waals surface area contributed by atoms with E-state index in [1.165, 1.54) is 11.8 Å². The summed E-state index contributed by atoms with van der Waals surface area (Å²) in [6, 6.07) is 12.9. The summed E-state index contributed by atoms with van der Waals surface area (Å²) < 4.78 is 13.1. The number of hydrogen-bond acceptors (Lipinski definition) is 6. The van der Waals surface area contributed by atoms with Gasteiger partial charge >= 0.3 is 0 Å². The topological polar surface area (TPSA) is 78.3 Å². The van der Waals surface area contributed by atoms with E-state index in [1.54, 1.807) is 19.2 Å². The van der Waals surface area contributed by atoms with Gasteiger partial charge < -0.3 is 19.4 Å². The fraction of sp³-hybridized carbons (Fsp3) is 0.286. The number of carbonyl (C=O) groups excluding carboxylic acids is 1. The molecule has 1 heterocycles. The minimum atomic E-state index is -0.136. The number of amides is 1. The lowest BCUT2D eigenvalue weighted by Crippen LogP contribution is -2.15. The van der Waals surface area contributed by atoms with Crippen LogP contribution in [0.1, 0.15) is 18.3 Å². The molecule has 2 aromatic carbocycles. The van der Waals surface area contributed by atoms with Crippen molar-refractivity contribution in [3.05, 3.63) is 58.9 Å². The van der Waals surface area contributed by atoms with Crippen molar-refractivity contribution in [2.45, 2.75) is 32.2 Å². The van der Waals surface area contributed by atoms with Crippen LogP contribution in [0.25, 0.3) is 0 Å². The summed E-state index contributed by atoms with van der Waals surface area (Å²) in [5.41, 5.74) is 1.54. The van der Waals surface area contributed by atoms with Gasteiger partial charge in [0.2, 0.25) is 5.91 Å². The number of methoxy groups -OCH3 is 1. The lowest BCUT2D eigenvalue weighted by atomic mass is 10.2. The quantitative estimate of drug-likeness (QED) is 0.485. The van der Waals surface area contributed by atoms with Crippen molar-refractivity contribution in [2.24, 2.45) is 0 Å². The van der Waals surface area contributed by atoms with Crippen molar-refractivity contribution >= 4 is 35.0 Å². The Balaban J connectivity index is 1.61. The Kier molecular flexibility index (Phi) is 7.59. The summed E-state index contributed by atoms with van der Waals surface area (Å²) in [5.74, 6) is 2.04. The van der Waals surface area contributed by atoms with Crippen LogP contribution >= 0.6 is 23.4 Å². The monoisotopic (exact) mass is 446 g/mol. The smallest absolute Gasteiger partial charge is 0.234 e. The SMILES string of the molecule is CCn1c(COc2ccccc2OC)nnc1SCC(=O)Nc1cccc(Cl)c1C. The van der Waals surface area contributed by atoms with Gasteiger partial charge in [0.25, 0.3) is 0 Å². The van der Waals surface area contributed by atoms with Gasteiger partial charge in [-0.05, 0) is 43.7 Å². The third-order valence-corrected chi connectivity index (χ3v) is 5.79. The van der Waals surface area contributed by atoms with E-state index >= 15 is 0 Å². The maximum atomic E-state index is 12.4. The van der Waals surface area contributed by atoms with E-state index in [-0.39, 0.29) is 18.3 Å². The third kappa shape index (κ3) is 5.25. The average molecular weight is 447 g/mol. The average Bonchev–Trinajstić information content (AvgIpc) is 3.16. The van der Waals surface area contributed by atoms with Gasteiger partial charge in [0, 0.05) is 17.3 Å². The number of hydrogen-bond donors (Lipinski definition) is 1. The highest BCUT2D eigenvalue weighted by molar-refractivity contribution is 7.99. The second kappa shape index (κ2) is 10.4. The molecule has 158 valence electrons. The summed E-state index contributed by atoms with van der Waals surface area (Å²) in [5, 5.41) is 12.6. The summed E-state index contributed by atoms with van der Waals surface area (Å²) in [4.78, 5) is 12.4. The molecule has 9 heteroatoms. The first-order valence-electron chi connectivity index (χ1n) is 9.39. The van der Waals surface area contributed by atoms with Crippen molar-refractivity contribution in [3.8, 4) is 11.5 Å². The predicted octanol–water partition coefficient (Wildman–Crippen LogP) is 4.58. The van der Waals surface area contributed by atoms with Gasteiger partial charge in [0.15, 0.2) is 22.5 Å². The molecule has 1 aromatic heterocycles. The van der Waals surface area contributed by atoms with Crippen LogP contribution in [0.2, 0.25) is 5.02 Å². The summed E-state index contributed by atoms with van der Waals surface area (Å²) in [7, 11) is 1.60. The largest absolute Gasteiger partial charge is 0.493 e. The highest BCUT2D eigenvalue weighted by atomic mass is 35.5. The molecule has 0 fully saturated rings. The van der Waals surface area contributed by atoms with Gasteiger partial charge in [-0.25, -0.2) is 0 Å². The van der Waals surface area contributed by atoms with Gasteiger partial charge in [-0.2, -0.15) is 0 Å². The van der Waals surface area contributed by atoms with Crippen LogP contribution in [0.4, 0.5) is 5.69 Å². The zero-order valence-corrected chi connectivity index (χ0v) is 18.6.